The smallest absolute Gasteiger partial charge is 0.408 e. The molecule has 3 aromatic rings. The fourth-order valence-electron chi connectivity index (χ4n) is 5.55. The zero-order valence-electron chi connectivity index (χ0n) is 21.5. The van der Waals surface area contributed by atoms with Crippen LogP contribution in [0.3, 0.4) is 0 Å². The lowest BCUT2D eigenvalue weighted by Crippen LogP contribution is -2.57. The molecule has 2 aromatic heterocycles. The number of halogens is 6. The molecule has 2 aliphatic rings. The number of hydrogen-bond acceptors (Lipinski definition) is 5. The molecule has 0 saturated carbocycles. The van der Waals surface area contributed by atoms with E-state index in [1.54, 1.807) is 46.0 Å². The molecule has 1 amide bonds. The lowest BCUT2D eigenvalue weighted by atomic mass is 9.94. The quantitative estimate of drug-likeness (QED) is 0.430. The van der Waals surface area contributed by atoms with Crippen molar-refractivity contribution >= 4 is 17.2 Å². The number of imidazole rings is 1. The fraction of sp³-hybridized carbons (Fsp3) is 0.462. The van der Waals surface area contributed by atoms with Crippen molar-refractivity contribution in [3.63, 3.8) is 0 Å². The van der Waals surface area contributed by atoms with Crippen LogP contribution in [0.2, 0.25) is 0 Å². The third kappa shape index (κ3) is 4.66. The number of likely N-dealkylation sites (N-methyl/N-ethyl adjacent to an activating group) is 1. The van der Waals surface area contributed by atoms with E-state index in [2.05, 4.69) is 4.98 Å². The molecule has 1 saturated heterocycles. The lowest BCUT2D eigenvalue weighted by molar-refractivity contribution is -0.217. The van der Waals surface area contributed by atoms with Gasteiger partial charge in [-0.25, -0.2) is 4.98 Å². The maximum atomic E-state index is 13.9. The zero-order valence-corrected chi connectivity index (χ0v) is 21.5. The summed E-state index contributed by atoms with van der Waals surface area (Å²) < 4.78 is 87.8. The summed E-state index contributed by atoms with van der Waals surface area (Å²) in [6.07, 6.45) is -5.40. The molecular formula is C26H27F6N5O2. The number of pyridine rings is 1. The number of carbonyl (C=O) groups is 1. The van der Waals surface area contributed by atoms with Crippen molar-refractivity contribution in [2.24, 2.45) is 0 Å². The number of methoxy groups -OCH3 is 1. The summed E-state index contributed by atoms with van der Waals surface area (Å²) in [5.41, 5.74) is 1.16. The predicted molar refractivity (Wildman–Crippen MR) is 132 cm³/mol. The summed E-state index contributed by atoms with van der Waals surface area (Å²) in [6, 6.07) is 6.78. The average molecular weight is 556 g/mol. The van der Waals surface area contributed by atoms with Gasteiger partial charge in [0.1, 0.15) is 23.5 Å². The van der Waals surface area contributed by atoms with E-state index in [0.717, 1.165) is 4.90 Å². The predicted octanol–water partition coefficient (Wildman–Crippen LogP) is 4.64. The number of alkyl halides is 6. The van der Waals surface area contributed by atoms with Crippen LogP contribution < -0.4 is 9.64 Å². The first kappa shape index (κ1) is 27.1. The summed E-state index contributed by atoms with van der Waals surface area (Å²) in [4.78, 5) is 21.0. The number of anilines is 1. The van der Waals surface area contributed by atoms with Crippen molar-refractivity contribution in [2.45, 2.75) is 30.7 Å². The third-order valence-electron chi connectivity index (χ3n) is 7.72. The van der Waals surface area contributed by atoms with E-state index in [-0.39, 0.29) is 43.8 Å². The van der Waals surface area contributed by atoms with Crippen LogP contribution in [0.25, 0.3) is 16.9 Å². The highest BCUT2D eigenvalue weighted by Crippen LogP contribution is 2.43. The van der Waals surface area contributed by atoms with Gasteiger partial charge in [-0.15, -0.1) is 0 Å². The Labute approximate surface area is 220 Å². The van der Waals surface area contributed by atoms with Gasteiger partial charge in [-0.05, 0) is 50.7 Å². The number of fused-ring (bicyclic) bond motifs is 2. The van der Waals surface area contributed by atoms with E-state index in [1.807, 2.05) is 0 Å². The first-order valence-electron chi connectivity index (χ1n) is 12.3. The van der Waals surface area contributed by atoms with Gasteiger partial charge in [0.2, 0.25) is 0 Å². The molecule has 1 atom stereocenters. The molecule has 5 rings (SSSR count). The fourth-order valence-corrected chi connectivity index (χ4v) is 5.55. The van der Waals surface area contributed by atoms with Crippen molar-refractivity contribution < 1.29 is 35.9 Å². The van der Waals surface area contributed by atoms with E-state index >= 15 is 0 Å². The SMILES string of the molecule is COc1cc(-c2cnc3cc(N4CCC(N(C)C)(C(F)(F)F)C4)ccn23)cc2c1C(=O)N(CC(F)(F)F)CC2. The average Bonchev–Trinajstić information content (AvgIpc) is 3.49. The molecule has 0 radical (unpaired) electrons. The van der Waals surface area contributed by atoms with E-state index in [0.29, 0.717) is 28.2 Å². The number of benzene rings is 1. The summed E-state index contributed by atoms with van der Waals surface area (Å²) in [5, 5.41) is 0. The maximum absolute atomic E-state index is 13.9. The molecule has 39 heavy (non-hydrogen) atoms. The van der Waals surface area contributed by atoms with Crippen LogP contribution in [0.5, 0.6) is 5.75 Å². The van der Waals surface area contributed by atoms with Crippen molar-refractivity contribution in [1.82, 2.24) is 19.2 Å². The first-order chi connectivity index (χ1) is 18.2. The molecule has 0 N–H and O–H groups in total. The summed E-state index contributed by atoms with van der Waals surface area (Å²) in [5.74, 6) is -0.576. The molecule has 13 heteroatoms. The van der Waals surface area contributed by atoms with Gasteiger partial charge in [0.25, 0.3) is 5.91 Å². The van der Waals surface area contributed by atoms with Gasteiger partial charge in [-0.3, -0.25) is 14.1 Å². The minimum Gasteiger partial charge on any atom is -0.496 e. The van der Waals surface area contributed by atoms with Crippen molar-refractivity contribution in [3.05, 3.63) is 47.8 Å². The Morgan fingerprint density at radius 3 is 2.46 bits per heavy atom. The third-order valence-corrected chi connectivity index (χ3v) is 7.72. The van der Waals surface area contributed by atoms with Crippen molar-refractivity contribution in [1.29, 1.82) is 0 Å². The number of aromatic nitrogens is 2. The molecule has 2 aliphatic heterocycles. The Kier molecular flexibility index (Phi) is 6.47. The van der Waals surface area contributed by atoms with Crippen molar-refractivity contribution in [2.75, 3.05) is 52.3 Å². The largest absolute Gasteiger partial charge is 0.496 e. The summed E-state index contributed by atoms with van der Waals surface area (Å²) in [6.45, 7) is -1.37. The second-order valence-electron chi connectivity index (χ2n) is 10.2. The Bertz CT molecular complexity index is 1400. The van der Waals surface area contributed by atoms with Crippen LogP contribution in [-0.2, 0) is 6.42 Å². The molecule has 4 heterocycles. The lowest BCUT2D eigenvalue weighted by Gasteiger charge is -2.38. The highest BCUT2D eigenvalue weighted by atomic mass is 19.4. The molecular weight excluding hydrogens is 528 g/mol. The Morgan fingerprint density at radius 2 is 1.85 bits per heavy atom. The Hall–Kier alpha value is -3.48. The Morgan fingerprint density at radius 1 is 1.10 bits per heavy atom. The zero-order chi connectivity index (χ0) is 28.3. The minimum absolute atomic E-state index is 0.0532. The van der Waals surface area contributed by atoms with E-state index in [1.165, 1.54) is 26.1 Å². The van der Waals surface area contributed by atoms with E-state index in [4.69, 9.17) is 4.74 Å². The number of amides is 1. The number of nitrogens with zero attached hydrogens (tertiary/aromatic N) is 5. The molecule has 0 aliphatic carbocycles. The number of rotatable bonds is 5. The van der Waals surface area contributed by atoms with Gasteiger partial charge >= 0.3 is 12.4 Å². The molecule has 1 aromatic carbocycles. The number of carbonyl (C=O) groups excluding carboxylic acids is 1. The Balaban J connectivity index is 1.46. The van der Waals surface area contributed by atoms with Crippen LogP contribution in [0.1, 0.15) is 22.3 Å². The van der Waals surface area contributed by atoms with Gasteiger partial charge in [-0.1, -0.05) is 0 Å². The number of ether oxygens (including phenoxy) is 1. The highest BCUT2D eigenvalue weighted by Gasteiger charge is 2.59. The van der Waals surface area contributed by atoms with Gasteiger partial charge in [-0.2, -0.15) is 26.3 Å². The standard InChI is InChI=1S/C26H27F6N5O2/c1-34(2)24(26(30,31)32)6-9-35(14-24)18-5-8-37-19(13-33-21(37)12-18)17-10-16-4-7-36(15-25(27,28)29)23(38)22(16)20(11-17)39-3/h5,8,10-13H,4,6-7,9,14-15H2,1-3H3. The summed E-state index contributed by atoms with van der Waals surface area (Å²) >= 11 is 0. The van der Waals surface area contributed by atoms with Crippen molar-refractivity contribution in [3.8, 4) is 17.0 Å². The highest BCUT2D eigenvalue weighted by molar-refractivity contribution is 6.00. The van der Waals surface area contributed by atoms with Gasteiger partial charge in [0, 0.05) is 43.1 Å². The molecule has 0 spiro atoms. The molecule has 1 fully saturated rings. The maximum Gasteiger partial charge on any atom is 0.408 e. The molecule has 210 valence electrons. The van der Waals surface area contributed by atoms with Gasteiger partial charge in [0.15, 0.2) is 0 Å². The second-order valence-corrected chi connectivity index (χ2v) is 10.2. The normalized spacial score (nSPS) is 20.3. The van der Waals surface area contributed by atoms with Gasteiger partial charge < -0.3 is 14.5 Å². The van der Waals surface area contributed by atoms with Crippen LogP contribution >= 0.6 is 0 Å². The molecule has 1 unspecified atom stereocenters. The minimum atomic E-state index is -4.51. The van der Waals surface area contributed by atoms with Crippen LogP contribution in [-0.4, -0.2) is 90.4 Å². The number of hydrogen-bond donors (Lipinski definition) is 0. The van der Waals surface area contributed by atoms with Gasteiger partial charge in [0.05, 0.1) is 24.6 Å². The first-order valence-corrected chi connectivity index (χ1v) is 12.3. The van der Waals surface area contributed by atoms with Crippen LogP contribution in [0.4, 0.5) is 32.0 Å². The molecule has 7 nitrogen and oxygen atoms in total. The second kappa shape index (κ2) is 9.32. The van der Waals surface area contributed by atoms with E-state index < -0.39 is 30.3 Å². The monoisotopic (exact) mass is 555 g/mol. The van der Waals surface area contributed by atoms with E-state index in [9.17, 15) is 31.1 Å². The molecule has 0 bridgehead atoms. The summed E-state index contributed by atoms with van der Waals surface area (Å²) in [7, 11) is 4.23. The topological polar surface area (TPSA) is 53.3 Å². The van der Waals surface area contributed by atoms with Crippen LogP contribution in [0.15, 0.2) is 36.7 Å². The van der Waals surface area contributed by atoms with Crippen LogP contribution in [0, 0.1) is 0 Å².